The average Bonchev–Trinajstić information content (AvgIpc) is 2.99. The summed E-state index contributed by atoms with van der Waals surface area (Å²) in [7, 11) is 0. The van der Waals surface area contributed by atoms with E-state index in [4.69, 9.17) is 4.74 Å². The lowest BCUT2D eigenvalue weighted by Crippen LogP contribution is -2.48. The van der Waals surface area contributed by atoms with Crippen LogP contribution < -0.4 is 9.64 Å². The molecule has 2 aliphatic rings. The minimum absolute atomic E-state index is 0.275. The van der Waals surface area contributed by atoms with Crippen LogP contribution in [0.15, 0.2) is 60.1 Å². The number of hydrogen-bond acceptors (Lipinski definition) is 5. The van der Waals surface area contributed by atoms with Crippen LogP contribution in [0.5, 0.6) is 5.75 Å². The molecule has 5 heteroatoms. The molecule has 1 fully saturated rings. The lowest BCUT2D eigenvalue weighted by atomic mass is 9.87. The van der Waals surface area contributed by atoms with Gasteiger partial charge in [0.05, 0.1) is 5.69 Å². The molecular weight excluding hydrogens is 328 g/mol. The molecule has 0 radical (unpaired) electrons. The van der Waals surface area contributed by atoms with Gasteiger partial charge in [-0.05, 0) is 31.2 Å². The SMILES string of the molecule is C=CCOc1cccc(N2CC[C@]3(O)C(=O)c4cc(C)ccc4N=C23)c1. The van der Waals surface area contributed by atoms with E-state index in [1.807, 2.05) is 48.2 Å². The van der Waals surface area contributed by atoms with Crippen LogP contribution >= 0.6 is 0 Å². The molecule has 1 N–H and O–H groups in total. The summed E-state index contributed by atoms with van der Waals surface area (Å²) in [6.45, 7) is 6.50. The number of aliphatic imine (C=N–C) groups is 1. The van der Waals surface area contributed by atoms with Gasteiger partial charge in [0.15, 0.2) is 5.60 Å². The molecule has 0 aromatic heterocycles. The molecule has 2 aromatic rings. The normalized spacial score (nSPS) is 21.1. The molecule has 0 amide bonds. The van der Waals surface area contributed by atoms with Crippen LogP contribution in [0.25, 0.3) is 0 Å². The van der Waals surface area contributed by atoms with Gasteiger partial charge in [0, 0.05) is 30.3 Å². The highest BCUT2D eigenvalue weighted by Crippen LogP contribution is 2.40. The Morgan fingerprint density at radius 2 is 2.19 bits per heavy atom. The summed E-state index contributed by atoms with van der Waals surface area (Å²) in [4.78, 5) is 19.5. The monoisotopic (exact) mass is 348 g/mol. The number of Topliss-reactive ketones (excluding diaryl/α,β-unsaturated/α-hetero) is 1. The van der Waals surface area contributed by atoms with E-state index in [1.165, 1.54) is 0 Å². The van der Waals surface area contributed by atoms with Crippen molar-refractivity contribution in [1.82, 2.24) is 0 Å². The quantitative estimate of drug-likeness (QED) is 0.860. The Kier molecular flexibility index (Phi) is 3.89. The van der Waals surface area contributed by atoms with Crippen LogP contribution in [0.1, 0.15) is 22.3 Å². The molecule has 1 atom stereocenters. The van der Waals surface area contributed by atoms with Gasteiger partial charge in [-0.3, -0.25) is 4.79 Å². The number of ketones is 1. The Morgan fingerprint density at radius 3 is 3.00 bits per heavy atom. The third kappa shape index (κ3) is 2.52. The number of ether oxygens (including phenoxy) is 1. The zero-order chi connectivity index (χ0) is 18.3. The Bertz CT molecular complexity index is 935. The minimum Gasteiger partial charge on any atom is -0.489 e. The zero-order valence-electron chi connectivity index (χ0n) is 14.6. The zero-order valence-corrected chi connectivity index (χ0v) is 14.6. The Hall–Kier alpha value is -2.92. The van der Waals surface area contributed by atoms with E-state index in [-0.39, 0.29) is 5.78 Å². The highest BCUT2D eigenvalue weighted by molar-refractivity contribution is 6.28. The molecule has 2 aromatic carbocycles. The number of fused-ring (bicyclic) bond motifs is 2. The lowest BCUT2D eigenvalue weighted by Gasteiger charge is -2.30. The predicted molar refractivity (Wildman–Crippen MR) is 102 cm³/mol. The topological polar surface area (TPSA) is 62.1 Å². The first-order valence-corrected chi connectivity index (χ1v) is 8.61. The first-order valence-electron chi connectivity index (χ1n) is 8.61. The molecule has 2 heterocycles. The van der Waals surface area contributed by atoms with Crippen LogP contribution in [-0.2, 0) is 0 Å². The van der Waals surface area contributed by atoms with E-state index in [0.29, 0.717) is 42.4 Å². The third-order valence-electron chi connectivity index (χ3n) is 4.82. The molecule has 1 saturated heterocycles. The number of carbonyl (C=O) groups excluding carboxylic acids is 1. The number of aryl methyl sites for hydroxylation is 1. The summed E-state index contributed by atoms with van der Waals surface area (Å²) in [5.74, 6) is 0.819. The fraction of sp³-hybridized carbons (Fsp3) is 0.238. The second kappa shape index (κ2) is 6.11. The summed E-state index contributed by atoms with van der Waals surface area (Å²) >= 11 is 0. The number of amidine groups is 1. The van der Waals surface area contributed by atoms with E-state index in [9.17, 15) is 9.90 Å². The van der Waals surface area contributed by atoms with E-state index in [1.54, 1.807) is 12.1 Å². The highest BCUT2D eigenvalue weighted by Gasteiger charge is 2.52. The van der Waals surface area contributed by atoms with E-state index in [0.717, 1.165) is 11.3 Å². The fourth-order valence-corrected chi connectivity index (χ4v) is 3.50. The van der Waals surface area contributed by atoms with E-state index < -0.39 is 5.60 Å². The molecule has 132 valence electrons. The molecule has 0 saturated carbocycles. The molecule has 0 spiro atoms. The van der Waals surface area contributed by atoms with Crippen LogP contribution in [0.2, 0.25) is 0 Å². The number of carbonyl (C=O) groups is 1. The van der Waals surface area contributed by atoms with E-state index in [2.05, 4.69) is 11.6 Å². The van der Waals surface area contributed by atoms with Crippen molar-refractivity contribution in [1.29, 1.82) is 0 Å². The smallest absolute Gasteiger partial charge is 0.204 e. The van der Waals surface area contributed by atoms with E-state index >= 15 is 0 Å². The highest BCUT2D eigenvalue weighted by atomic mass is 16.5. The minimum atomic E-state index is -1.57. The van der Waals surface area contributed by atoms with Crippen molar-refractivity contribution < 1.29 is 14.6 Å². The van der Waals surface area contributed by atoms with Crippen molar-refractivity contribution >= 4 is 23.0 Å². The average molecular weight is 348 g/mol. The van der Waals surface area contributed by atoms with Gasteiger partial charge in [-0.25, -0.2) is 4.99 Å². The maximum absolute atomic E-state index is 13.0. The van der Waals surface area contributed by atoms with Gasteiger partial charge in [0.2, 0.25) is 5.78 Å². The second-order valence-electron chi connectivity index (χ2n) is 6.64. The van der Waals surface area contributed by atoms with Crippen molar-refractivity contribution in [2.75, 3.05) is 18.1 Å². The molecular formula is C21H20N2O3. The molecule has 0 unspecified atom stereocenters. The summed E-state index contributed by atoms with van der Waals surface area (Å²) in [5, 5.41) is 11.1. The van der Waals surface area contributed by atoms with Crippen molar-refractivity contribution in [2.45, 2.75) is 18.9 Å². The Balaban J connectivity index is 1.76. The number of benzene rings is 2. The first-order chi connectivity index (χ1) is 12.5. The van der Waals surface area contributed by atoms with Gasteiger partial charge in [0.1, 0.15) is 18.2 Å². The Morgan fingerprint density at radius 1 is 1.35 bits per heavy atom. The van der Waals surface area contributed by atoms with Gasteiger partial charge >= 0.3 is 0 Å². The van der Waals surface area contributed by atoms with Crippen molar-refractivity contribution in [3.63, 3.8) is 0 Å². The van der Waals surface area contributed by atoms with Crippen LogP contribution in [-0.4, -0.2) is 35.5 Å². The molecule has 5 nitrogen and oxygen atoms in total. The lowest BCUT2D eigenvalue weighted by molar-refractivity contribution is 0.0602. The van der Waals surface area contributed by atoms with Gasteiger partial charge in [-0.15, -0.1) is 0 Å². The largest absolute Gasteiger partial charge is 0.489 e. The van der Waals surface area contributed by atoms with Gasteiger partial charge in [0.25, 0.3) is 0 Å². The number of nitrogens with zero attached hydrogens (tertiary/aromatic N) is 2. The number of hydrogen-bond donors (Lipinski definition) is 1. The maximum atomic E-state index is 13.0. The standard InChI is InChI=1S/C21H20N2O3/c1-3-11-26-16-6-4-5-15(13-16)23-10-9-21(25)19(24)17-12-14(2)7-8-18(17)22-20(21)23/h3-8,12-13,25H,1,9-11H2,2H3/t21-/m0/s1. The second-order valence-corrected chi connectivity index (χ2v) is 6.64. The number of rotatable bonds is 4. The molecule has 0 aliphatic carbocycles. The first kappa shape index (κ1) is 16.5. The fourth-order valence-electron chi connectivity index (χ4n) is 3.50. The van der Waals surface area contributed by atoms with Crippen molar-refractivity contribution in [3.05, 3.63) is 66.2 Å². The molecule has 4 rings (SSSR count). The summed E-state index contributed by atoms with van der Waals surface area (Å²) in [6, 6.07) is 13.1. The maximum Gasteiger partial charge on any atom is 0.204 e. The third-order valence-corrected chi connectivity index (χ3v) is 4.82. The van der Waals surface area contributed by atoms with Crippen molar-refractivity contribution in [3.8, 4) is 5.75 Å². The number of anilines is 1. The van der Waals surface area contributed by atoms with Gasteiger partial charge in [-0.2, -0.15) is 0 Å². The summed E-state index contributed by atoms with van der Waals surface area (Å²) < 4.78 is 5.59. The molecule has 0 bridgehead atoms. The predicted octanol–water partition coefficient (Wildman–Crippen LogP) is 3.43. The summed E-state index contributed by atoms with van der Waals surface area (Å²) in [5.41, 5.74) is 1.33. The van der Waals surface area contributed by atoms with Crippen LogP contribution in [0, 0.1) is 6.92 Å². The van der Waals surface area contributed by atoms with Gasteiger partial charge < -0.3 is 14.7 Å². The summed E-state index contributed by atoms with van der Waals surface area (Å²) in [6.07, 6.45) is 2.00. The molecule has 26 heavy (non-hydrogen) atoms. The molecule has 2 aliphatic heterocycles. The van der Waals surface area contributed by atoms with Crippen LogP contribution in [0.4, 0.5) is 11.4 Å². The van der Waals surface area contributed by atoms with Gasteiger partial charge in [-0.1, -0.05) is 30.4 Å². The Labute approximate surface area is 152 Å². The van der Waals surface area contributed by atoms with Crippen molar-refractivity contribution in [2.24, 2.45) is 4.99 Å². The van der Waals surface area contributed by atoms with Crippen LogP contribution in [0.3, 0.4) is 0 Å². The number of aliphatic hydroxyl groups is 1.